The Labute approximate surface area is 109 Å². The average Bonchev–Trinajstić information content (AvgIpc) is 2.89. The molecule has 94 valence electrons. The van der Waals surface area contributed by atoms with Crippen molar-refractivity contribution in [3.05, 3.63) is 35.7 Å². The SMILES string of the molecule is CN(C)C(=O)c1cccc(SCc2nn[nH]n2)c1. The first-order valence-corrected chi connectivity index (χ1v) is 6.32. The van der Waals surface area contributed by atoms with Crippen LogP contribution in [-0.2, 0) is 5.75 Å². The van der Waals surface area contributed by atoms with Crippen LogP contribution in [-0.4, -0.2) is 45.5 Å². The minimum absolute atomic E-state index is 0.00277. The first-order chi connectivity index (χ1) is 8.66. The summed E-state index contributed by atoms with van der Waals surface area (Å²) in [5, 5.41) is 13.6. The van der Waals surface area contributed by atoms with E-state index >= 15 is 0 Å². The van der Waals surface area contributed by atoms with E-state index in [0.717, 1.165) is 4.90 Å². The molecule has 1 heterocycles. The van der Waals surface area contributed by atoms with Gasteiger partial charge >= 0.3 is 0 Å². The highest BCUT2D eigenvalue weighted by atomic mass is 32.2. The third kappa shape index (κ3) is 3.07. The fraction of sp³-hybridized carbons (Fsp3) is 0.273. The molecule has 1 N–H and O–H groups in total. The standard InChI is InChI=1S/C11H13N5OS/c1-16(2)11(17)8-4-3-5-9(6-8)18-7-10-12-14-15-13-10/h3-6H,7H2,1-2H3,(H,12,13,14,15). The second-order valence-corrected chi connectivity index (χ2v) is 4.89. The highest BCUT2D eigenvalue weighted by Crippen LogP contribution is 2.22. The molecule has 1 aromatic heterocycles. The van der Waals surface area contributed by atoms with Crippen LogP contribution in [0.4, 0.5) is 0 Å². The number of carbonyl (C=O) groups excluding carboxylic acids is 1. The van der Waals surface area contributed by atoms with Gasteiger partial charge in [0.2, 0.25) is 0 Å². The van der Waals surface area contributed by atoms with Gasteiger partial charge in [0.25, 0.3) is 5.91 Å². The van der Waals surface area contributed by atoms with Crippen LogP contribution in [0, 0.1) is 0 Å². The van der Waals surface area contributed by atoms with Crippen molar-refractivity contribution >= 4 is 17.7 Å². The van der Waals surface area contributed by atoms with Crippen LogP contribution in [0.25, 0.3) is 0 Å². The molecule has 0 aliphatic carbocycles. The molecule has 18 heavy (non-hydrogen) atoms. The summed E-state index contributed by atoms with van der Waals surface area (Å²) in [4.78, 5) is 14.4. The van der Waals surface area contributed by atoms with Gasteiger partial charge in [-0.05, 0) is 18.2 Å². The molecule has 0 atom stereocenters. The van der Waals surface area contributed by atoms with Crippen molar-refractivity contribution in [3.63, 3.8) is 0 Å². The lowest BCUT2D eigenvalue weighted by molar-refractivity contribution is 0.0827. The number of nitrogens with zero attached hydrogens (tertiary/aromatic N) is 4. The van der Waals surface area contributed by atoms with Crippen LogP contribution < -0.4 is 0 Å². The summed E-state index contributed by atoms with van der Waals surface area (Å²) in [5.41, 5.74) is 0.679. The second kappa shape index (κ2) is 5.63. The molecule has 6 nitrogen and oxygen atoms in total. The molecule has 0 saturated heterocycles. The number of nitrogens with one attached hydrogen (secondary N) is 1. The third-order valence-electron chi connectivity index (χ3n) is 2.24. The van der Waals surface area contributed by atoms with Crippen LogP contribution >= 0.6 is 11.8 Å². The Morgan fingerprint density at radius 1 is 1.44 bits per heavy atom. The maximum atomic E-state index is 11.8. The van der Waals surface area contributed by atoms with Gasteiger partial charge in [-0.25, -0.2) is 0 Å². The van der Waals surface area contributed by atoms with Crippen molar-refractivity contribution in [1.29, 1.82) is 0 Å². The monoisotopic (exact) mass is 263 g/mol. The van der Waals surface area contributed by atoms with Gasteiger partial charge in [0, 0.05) is 24.6 Å². The van der Waals surface area contributed by atoms with Gasteiger partial charge in [0.1, 0.15) is 0 Å². The minimum atomic E-state index is -0.00277. The normalized spacial score (nSPS) is 10.3. The predicted octanol–water partition coefficient (Wildman–Crippen LogP) is 1.19. The topological polar surface area (TPSA) is 74.8 Å². The molecule has 0 unspecified atom stereocenters. The number of amides is 1. The molecule has 0 radical (unpaired) electrons. The summed E-state index contributed by atoms with van der Waals surface area (Å²) in [5.74, 6) is 1.26. The fourth-order valence-electron chi connectivity index (χ4n) is 1.37. The van der Waals surface area contributed by atoms with Crippen molar-refractivity contribution in [2.45, 2.75) is 10.6 Å². The van der Waals surface area contributed by atoms with Crippen LogP contribution in [0.3, 0.4) is 0 Å². The Kier molecular flexibility index (Phi) is 3.93. The highest BCUT2D eigenvalue weighted by Gasteiger charge is 2.08. The van der Waals surface area contributed by atoms with Gasteiger partial charge in [0.15, 0.2) is 5.82 Å². The number of hydrogen-bond acceptors (Lipinski definition) is 5. The fourth-order valence-corrected chi connectivity index (χ4v) is 2.17. The Morgan fingerprint density at radius 3 is 2.94 bits per heavy atom. The molecule has 7 heteroatoms. The van der Waals surface area contributed by atoms with Gasteiger partial charge in [-0.3, -0.25) is 4.79 Å². The summed E-state index contributed by atoms with van der Waals surface area (Å²) in [7, 11) is 3.48. The molecular weight excluding hydrogens is 250 g/mol. The summed E-state index contributed by atoms with van der Waals surface area (Å²) < 4.78 is 0. The zero-order valence-electron chi connectivity index (χ0n) is 10.1. The molecule has 2 rings (SSSR count). The van der Waals surface area contributed by atoms with Crippen LogP contribution in [0.5, 0.6) is 0 Å². The number of tetrazole rings is 1. The Morgan fingerprint density at radius 2 is 2.28 bits per heavy atom. The van der Waals surface area contributed by atoms with Crippen molar-refractivity contribution in [2.75, 3.05) is 14.1 Å². The van der Waals surface area contributed by atoms with E-state index < -0.39 is 0 Å². The summed E-state index contributed by atoms with van der Waals surface area (Å²) in [6.45, 7) is 0. The van der Waals surface area contributed by atoms with E-state index in [4.69, 9.17) is 0 Å². The van der Waals surface area contributed by atoms with Crippen molar-refractivity contribution in [1.82, 2.24) is 25.5 Å². The van der Waals surface area contributed by atoms with Gasteiger partial charge in [0.05, 0.1) is 5.75 Å². The molecule has 0 saturated carbocycles. The molecule has 0 bridgehead atoms. The predicted molar refractivity (Wildman–Crippen MR) is 68.2 cm³/mol. The van der Waals surface area contributed by atoms with Gasteiger partial charge in [-0.15, -0.1) is 22.0 Å². The first kappa shape index (κ1) is 12.6. The van der Waals surface area contributed by atoms with Gasteiger partial charge in [-0.2, -0.15) is 5.21 Å². The van der Waals surface area contributed by atoms with Crippen LogP contribution in [0.15, 0.2) is 29.2 Å². The molecule has 0 fully saturated rings. The molecule has 1 amide bonds. The number of thioether (sulfide) groups is 1. The number of rotatable bonds is 4. The first-order valence-electron chi connectivity index (χ1n) is 5.33. The Hall–Kier alpha value is -1.89. The largest absolute Gasteiger partial charge is 0.345 e. The average molecular weight is 263 g/mol. The summed E-state index contributed by atoms with van der Waals surface area (Å²) >= 11 is 1.57. The van der Waals surface area contributed by atoms with E-state index in [0.29, 0.717) is 17.1 Å². The molecule has 1 aromatic carbocycles. The minimum Gasteiger partial charge on any atom is -0.345 e. The van der Waals surface area contributed by atoms with Crippen LogP contribution in [0.2, 0.25) is 0 Å². The number of aromatic amines is 1. The number of hydrogen-bond donors (Lipinski definition) is 1. The van der Waals surface area contributed by atoms with Crippen molar-refractivity contribution < 1.29 is 4.79 Å². The number of H-pyrrole nitrogens is 1. The molecule has 0 aliphatic heterocycles. The van der Waals surface area contributed by atoms with Crippen molar-refractivity contribution in [3.8, 4) is 0 Å². The number of aromatic nitrogens is 4. The lowest BCUT2D eigenvalue weighted by Crippen LogP contribution is -2.21. The quantitative estimate of drug-likeness (QED) is 0.839. The summed E-state index contributed by atoms with van der Waals surface area (Å²) in [6.07, 6.45) is 0. The molecule has 0 spiro atoms. The van der Waals surface area contributed by atoms with E-state index in [1.54, 1.807) is 36.8 Å². The lowest BCUT2D eigenvalue weighted by Gasteiger charge is -2.10. The van der Waals surface area contributed by atoms with Crippen molar-refractivity contribution in [2.24, 2.45) is 0 Å². The number of benzene rings is 1. The molecule has 0 aliphatic rings. The zero-order chi connectivity index (χ0) is 13.0. The van der Waals surface area contributed by atoms with Gasteiger partial charge in [-0.1, -0.05) is 11.3 Å². The smallest absolute Gasteiger partial charge is 0.253 e. The van der Waals surface area contributed by atoms with Crippen LogP contribution in [0.1, 0.15) is 16.2 Å². The Balaban J connectivity index is 2.05. The van der Waals surface area contributed by atoms with Gasteiger partial charge < -0.3 is 4.90 Å². The second-order valence-electron chi connectivity index (χ2n) is 3.84. The maximum absolute atomic E-state index is 11.8. The summed E-state index contributed by atoms with van der Waals surface area (Å²) in [6, 6.07) is 7.50. The van der Waals surface area contributed by atoms with E-state index in [1.165, 1.54) is 0 Å². The molecule has 2 aromatic rings. The lowest BCUT2D eigenvalue weighted by atomic mass is 10.2. The third-order valence-corrected chi connectivity index (χ3v) is 3.23. The zero-order valence-corrected chi connectivity index (χ0v) is 10.9. The van der Waals surface area contributed by atoms with E-state index in [1.807, 2.05) is 18.2 Å². The number of carbonyl (C=O) groups is 1. The van der Waals surface area contributed by atoms with E-state index in [9.17, 15) is 4.79 Å². The van der Waals surface area contributed by atoms with E-state index in [2.05, 4.69) is 20.6 Å². The van der Waals surface area contributed by atoms with E-state index in [-0.39, 0.29) is 5.91 Å². The Bertz CT molecular complexity index is 526. The maximum Gasteiger partial charge on any atom is 0.253 e. The molecular formula is C11H13N5OS. The highest BCUT2D eigenvalue weighted by molar-refractivity contribution is 7.98.